The third-order valence-corrected chi connectivity index (χ3v) is 3.21. The van der Waals surface area contributed by atoms with Crippen molar-refractivity contribution >= 4 is 10.2 Å². The van der Waals surface area contributed by atoms with Crippen LogP contribution in [0.2, 0.25) is 0 Å². The number of hydrogen-bond donors (Lipinski definition) is 0. The Bertz CT molecular complexity index is 357. The van der Waals surface area contributed by atoms with Crippen molar-refractivity contribution in [3.05, 3.63) is 29.3 Å². The molecule has 0 aliphatic rings. The van der Waals surface area contributed by atoms with Crippen molar-refractivity contribution in [2.24, 2.45) is 0 Å². The lowest BCUT2D eigenvalue weighted by atomic mass is 10.2. The zero-order valence-corrected chi connectivity index (χ0v) is 8.35. The van der Waals surface area contributed by atoms with E-state index in [0.29, 0.717) is 0 Å². The Labute approximate surface area is 78.5 Å². The Hall–Kier alpha value is -0.780. The number of halogens is 5. The second-order valence-corrected chi connectivity index (χ2v) is 5.54. The molecule has 0 nitrogen and oxygen atoms in total. The van der Waals surface area contributed by atoms with Gasteiger partial charge in [0.25, 0.3) is 0 Å². The van der Waals surface area contributed by atoms with E-state index in [1.807, 2.05) is 0 Å². The maximum absolute atomic E-state index is 12.5. The first-order valence-electron chi connectivity index (χ1n) is 3.72. The molecule has 6 heteroatoms. The van der Waals surface area contributed by atoms with Crippen LogP contribution in [0, 0.1) is 13.8 Å². The molecular formula is C8H9F5S. The number of aryl methyl sites for hydroxylation is 2. The summed E-state index contributed by atoms with van der Waals surface area (Å²) in [4.78, 5) is -1.76. The van der Waals surface area contributed by atoms with E-state index in [2.05, 4.69) is 0 Å². The molecule has 0 saturated carbocycles. The Morgan fingerprint density at radius 2 is 1.21 bits per heavy atom. The van der Waals surface area contributed by atoms with Crippen molar-refractivity contribution in [2.75, 3.05) is 0 Å². The molecule has 0 aliphatic heterocycles. The summed E-state index contributed by atoms with van der Waals surface area (Å²) in [6, 6.07) is 3.37. The van der Waals surface area contributed by atoms with Crippen molar-refractivity contribution < 1.29 is 19.4 Å². The molecule has 0 heterocycles. The molecule has 1 aromatic rings. The van der Waals surface area contributed by atoms with E-state index in [4.69, 9.17) is 0 Å². The van der Waals surface area contributed by atoms with Crippen LogP contribution in [0.15, 0.2) is 23.1 Å². The van der Waals surface area contributed by atoms with Gasteiger partial charge in [-0.1, -0.05) is 37.6 Å². The van der Waals surface area contributed by atoms with Gasteiger partial charge < -0.3 is 0 Å². The highest BCUT2D eigenvalue weighted by Crippen LogP contribution is 3.02. The molecule has 1 rings (SSSR count). The first kappa shape index (κ1) is 11.3. The molecule has 14 heavy (non-hydrogen) atoms. The van der Waals surface area contributed by atoms with Crippen molar-refractivity contribution in [2.45, 2.75) is 18.7 Å². The Kier molecular flexibility index (Phi) is 1.81. The molecule has 0 N–H and O–H groups in total. The summed E-state index contributed by atoms with van der Waals surface area (Å²) in [6.45, 7) is 2.06. The van der Waals surface area contributed by atoms with E-state index in [1.54, 1.807) is 0 Å². The van der Waals surface area contributed by atoms with Gasteiger partial charge >= 0.3 is 10.2 Å². The van der Waals surface area contributed by atoms with Gasteiger partial charge in [-0.15, -0.1) is 0 Å². The maximum Gasteiger partial charge on any atom is 0.310 e. The topological polar surface area (TPSA) is 0 Å². The average molecular weight is 232 g/mol. The molecule has 0 aliphatic carbocycles. The zero-order valence-electron chi connectivity index (χ0n) is 7.53. The molecule has 0 radical (unpaired) electrons. The van der Waals surface area contributed by atoms with Crippen LogP contribution in [-0.2, 0) is 0 Å². The Balaban J connectivity index is 3.66. The number of benzene rings is 1. The molecule has 0 saturated heterocycles. The Morgan fingerprint density at radius 1 is 0.857 bits per heavy atom. The van der Waals surface area contributed by atoms with Crippen LogP contribution in [-0.4, -0.2) is 0 Å². The van der Waals surface area contributed by atoms with Gasteiger partial charge in [0.1, 0.15) is 4.90 Å². The van der Waals surface area contributed by atoms with Crippen LogP contribution in [0.1, 0.15) is 11.1 Å². The summed E-state index contributed by atoms with van der Waals surface area (Å²) in [6.07, 6.45) is 0. The van der Waals surface area contributed by atoms with E-state index in [-0.39, 0.29) is 0 Å². The molecule has 0 bridgehead atoms. The van der Waals surface area contributed by atoms with Gasteiger partial charge in [-0.2, -0.15) is 0 Å². The molecule has 0 unspecified atom stereocenters. The lowest BCUT2D eigenvalue weighted by molar-refractivity contribution is 0.362. The Morgan fingerprint density at radius 3 is 1.43 bits per heavy atom. The van der Waals surface area contributed by atoms with Crippen LogP contribution in [0.25, 0.3) is 0 Å². The summed E-state index contributed by atoms with van der Waals surface area (Å²) in [5.41, 5.74) is -0.881. The highest BCUT2D eigenvalue weighted by Gasteiger charge is 2.66. The third kappa shape index (κ3) is 2.17. The molecule has 1 aromatic carbocycles. The normalized spacial score (nSPS) is 17.4. The van der Waals surface area contributed by atoms with E-state index in [1.165, 1.54) is 6.07 Å². The molecule has 0 fully saturated rings. The van der Waals surface area contributed by atoms with Crippen molar-refractivity contribution in [1.82, 2.24) is 0 Å². The monoisotopic (exact) mass is 232 g/mol. The van der Waals surface area contributed by atoms with Gasteiger partial charge in [0.15, 0.2) is 0 Å². The fourth-order valence-electron chi connectivity index (χ4n) is 1.41. The van der Waals surface area contributed by atoms with Crippen LogP contribution >= 0.6 is 10.2 Å². The second-order valence-electron chi connectivity index (χ2n) is 3.19. The second kappa shape index (κ2) is 2.24. The van der Waals surface area contributed by atoms with Gasteiger partial charge in [-0.05, 0) is 25.0 Å². The highest BCUT2D eigenvalue weighted by molar-refractivity contribution is 8.45. The van der Waals surface area contributed by atoms with Gasteiger partial charge in [-0.3, -0.25) is 0 Å². The van der Waals surface area contributed by atoms with Crippen LogP contribution in [0.5, 0.6) is 0 Å². The summed E-state index contributed by atoms with van der Waals surface area (Å²) >= 11 is 0. The summed E-state index contributed by atoms with van der Waals surface area (Å²) in [7, 11) is -9.53. The summed E-state index contributed by atoms with van der Waals surface area (Å²) < 4.78 is 62.3. The van der Waals surface area contributed by atoms with Crippen molar-refractivity contribution in [1.29, 1.82) is 0 Å². The molecular weight excluding hydrogens is 223 g/mol. The maximum atomic E-state index is 12.5. The van der Waals surface area contributed by atoms with Crippen LogP contribution in [0.3, 0.4) is 0 Å². The van der Waals surface area contributed by atoms with Crippen molar-refractivity contribution in [3.63, 3.8) is 0 Å². The summed E-state index contributed by atoms with van der Waals surface area (Å²) in [5.74, 6) is 0. The van der Waals surface area contributed by atoms with Gasteiger partial charge in [0, 0.05) is 0 Å². The minimum Gasteiger partial charge on any atom is -0.0936 e. The van der Waals surface area contributed by atoms with E-state index in [9.17, 15) is 19.4 Å². The molecule has 0 atom stereocenters. The minimum atomic E-state index is -9.53. The highest BCUT2D eigenvalue weighted by atomic mass is 32.5. The lowest BCUT2D eigenvalue weighted by Crippen LogP contribution is -2.09. The molecule has 0 aromatic heterocycles. The van der Waals surface area contributed by atoms with E-state index < -0.39 is 26.2 Å². The number of rotatable bonds is 1. The fourth-order valence-corrected chi connectivity index (χ4v) is 2.76. The fraction of sp³-hybridized carbons (Fsp3) is 0.250. The third-order valence-electron chi connectivity index (χ3n) is 1.79. The van der Waals surface area contributed by atoms with E-state index in [0.717, 1.165) is 26.0 Å². The SMILES string of the molecule is Cc1cccc(C)c1S(F)(F)(F)(F)F. The van der Waals surface area contributed by atoms with Crippen LogP contribution < -0.4 is 0 Å². The predicted molar refractivity (Wildman–Crippen MR) is 47.3 cm³/mol. The van der Waals surface area contributed by atoms with Gasteiger partial charge in [0.2, 0.25) is 0 Å². The molecule has 82 valence electrons. The quantitative estimate of drug-likeness (QED) is 0.600. The first-order chi connectivity index (χ1) is 5.91. The summed E-state index contributed by atoms with van der Waals surface area (Å²) in [5, 5.41) is 0. The van der Waals surface area contributed by atoms with Gasteiger partial charge in [-0.25, -0.2) is 0 Å². The van der Waals surface area contributed by atoms with Gasteiger partial charge in [0.05, 0.1) is 0 Å². The van der Waals surface area contributed by atoms with Crippen molar-refractivity contribution in [3.8, 4) is 0 Å². The van der Waals surface area contributed by atoms with E-state index >= 15 is 0 Å². The smallest absolute Gasteiger partial charge is 0.0936 e. The van der Waals surface area contributed by atoms with Crippen LogP contribution in [0.4, 0.5) is 19.4 Å². The zero-order chi connectivity index (χ0) is 11.3. The minimum absolute atomic E-state index is 0.441. The lowest BCUT2D eigenvalue weighted by Gasteiger charge is -2.42. The average Bonchev–Trinajstić information content (AvgIpc) is 1.78. The number of hydrogen-bond acceptors (Lipinski definition) is 0. The first-order valence-corrected chi connectivity index (χ1v) is 5.67. The largest absolute Gasteiger partial charge is 0.310 e. The standard InChI is InChI=1S/C8H9F5S/c1-6-4-3-5-7(2)8(6)14(9,10,11,12)13/h3-5H,1-2H3. The molecule has 0 spiro atoms. The molecule has 0 amide bonds. The predicted octanol–water partition coefficient (Wildman–Crippen LogP) is 4.96.